The Bertz CT molecular complexity index is 957. The van der Waals surface area contributed by atoms with Gasteiger partial charge in [-0.25, -0.2) is 4.98 Å². The van der Waals surface area contributed by atoms with Crippen LogP contribution in [-0.4, -0.2) is 45.7 Å². The topological polar surface area (TPSA) is 71.1 Å². The summed E-state index contributed by atoms with van der Waals surface area (Å²) in [6.45, 7) is 2.04. The first kappa shape index (κ1) is 16.6. The smallest absolute Gasteiger partial charge is 0.282 e. The van der Waals surface area contributed by atoms with Gasteiger partial charge in [0, 0.05) is 24.0 Å². The standard InChI is InChI=1S/C20H20N4O2S/c25-19(18-22-16(13-27-18)14-4-2-1-3-5-14)24-9-7-20(8-10-24)17-15(6-11-26-20)12-21-23-17/h1-5,12-13H,6-11H2,(H,21,23). The molecule has 2 aliphatic rings. The number of aromatic nitrogens is 3. The largest absolute Gasteiger partial charge is 0.368 e. The number of hydrogen-bond acceptors (Lipinski definition) is 5. The molecule has 0 bridgehead atoms. The molecule has 4 heterocycles. The van der Waals surface area contributed by atoms with Gasteiger partial charge in [-0.15, -0.1) is 11.3 Å². The molecule has 1 N–H and O–H groups in total. The molecule has 1 aromatic carbocycles. The van der Waals surface area contributed by atoms with Crippen LogP contribution in [0.4, 0.5) is 0 Å². The highest BCUT2D eigenvalue weighted by molar-refractivity contribution is 7.12. The first-order valence-electron chi connectivity index (χ1n) is 9.22. The molecule has 27 heavy (non-hydrogen) atoms. The lowest BCUT2D eigenvalue weighted by Gasteiger charge is -2.43. The second-order valence-corrected chi connectivity index (χ2v) is 7.92. The van der Waals surface area contributed by atoms with Crippen LogP contribution >= 0.6 is 11.3 Å². The van der Waals surface area contributed by atoms with E-state index in [1.54, 1.807) is 0 Å². The number of benzene rings is 1. The average molecular weight is 380 g/mol. The third-order valence-electron chi connectivity index (χ3n) is 5.54. The maximum absolute atomic E-state index is 12.9. The molecule has 2 aliphatic heterocycles. The van der Waals surface area contributed by atoms with Crippen molar-refractivity contribution in [2.75, 3.05) is 19.7 Å². The average Bonchev–Trinajstić information content (AvgIpc) is 3.39. The van der Waals surface area contributed by atoms with E-state index >= 15 is 0 Å². The van der Waals surface area contributed by atoms with Crippen LogP contribution in [0.2, 0.25) is 0 Å². The molecule has 1 saturated heterocycles. The number of carbonyl (C=O) groups is 1. The van der Waals surface area contributed by atoms with Gasteiger partial charge in [-0.3, -0.25) is 9.89 Å². The van der Waals surface area contributed by atoms with Gasteiger partial charge in [0.25, 0.3) is 5.91 Å². The van der Waals surface area contributed by atoms with Gasteiger partial charge in [0.15, 0.2) is 5.01 Å². The van der Waals surface area contributed by atoms with Crippen molar-refractivity contribution in [3.8, 4) is 11.3 Å². The van der Waals surface area contributed by atoms with Crippen molar-refractivity contribution in [2.45, 2.75) is 24.9 Å². The highest BCUT2D eigenvalue weighted by atomic mass is 32.1. The maximum atomic E-state index is 12.9. The fourth-order valence-corrected chi connectivity index (χ4v) is 4.83. The lowest BCUT2D eigenvalue weighted by atomic mass is 9.84. The molecule has 1 spiro atoms. The molecule has 0 aliphatic carbocycles. The Labute approximate surface area is 161 Å². The summed E-state index contributed by atoms with van der Waals surface area (Å²) in [7, 11) is 0. The lowest BCUT2D eigenvalue weighted by molar-refractivity contribution is -0.0962. The summed E-state index contributed by atoms with van der Waals surface area (Å²) in [5.74, 6) is 0.0117. The van der Waals surface area contributed by atoms with Gasteiger partial charge >= 0.3 is 0 Å². The summed E-state index contributed by atoms with van der Waals surface area (Å²) in [6, 6.07) is 9.96. The summed E-state index contributed by atoms with van der Waals surface area (Å²) < 4.78 is 6.16. The number of likely N-dealkylation sites (tertiary alicyclic amines) is 1. The first-order valence-corrected chi connectivity index (χ1v) is 10.1. The summed E-state index contributed by atoms with van der Waals surface area (Å²) in [5.41, 5.74) is 3.91. The van der Waals surface area contributed by atoms with Crippen molar-refractivity contribution in [2.24, 2.45) is 0 Å². The Hall–Kier alpha value is -2.51. The van der Waals surface area contributed by atoms with E-state index in [-0.39, 0.29) is 11.5 Å². The quantitative estimate of drug-likeness (QED) is 0.741. The van der Waals surface area contributed by atoms with Crippen LogP contribution in [0.15, 0.2) is 41.9 Å². The molecule has 2 aromatic heterocycles. The maximum Gasteiger partial charge on any atom is 0.282 e. The van der Waals surface area contributed by atoms with Gasteiger partial charge < -0.3 is 9.64 Å². The van der Waals surface area contributed by atoms with Gasteiger partial charge in [0.05, 0.1) is 24.2 Å². The number of rotatable bonds is 2. The number of thiazole rings is 1. The molecule has 0 radical (unpaired) electrons. The number of hydrogen-bond donors (Lipinski definition) is 1. The van der Waals surface area contributed by atoms with E-state index in [0.29, 0.717) is 24.7 Å². The Morgan fingerprint density at radius 2 is 2.04 bits per heavy atom. The third-order valence-corrected chi connectivity index (χ3v) is 6.37. The number of nitrogens with one attached hydrogen (secondary N) is 1. The highest BCUT2D eigenvalue weighted by Gasteiger charge is 2.43. The van der Waals surface area contributed by atoms with Crippen LogP contribution in [-0.2, 0) is 16.8 Å². The van der Waals surface area contributed by atoms with Crippen LogP contribution in [0.3, 0.4) is 0 Å². The van der Waals surface area contributed by atoms with Crippen molar-refractivity contribution in [1.29, 1.82) is 0 Å². The molecule has 138 valence electrons. The van der Waals surface area contributed by atoms with Crippen LogP contribution < -0.4 is 0 Å². The van der Waals surface area contributed by atoms with Gasteiger partial charge in [0.2, 0.25) is 0 Å². The summed E-state index contributed by atoms with van der Waals surface area (Å²) >= 11 is 1.41. The monoisotopic (exact) mass is 380 g/mol. The number of amides is 1. The number of H-pyrrole nitrogens is 1. The Morgan fingerprint density at radius 1 is 1.22 bits per heavy atom. The molecular formula is C20H20N4O2S. The molecule has 1 amide bonds. The summed E-state index contributed by atoms with van der Waals surface area (Å²) in [6.07, 6.45) is 4.37. The Balaban J connectivity index is 1.31. The number of aromatic amines is 1. The minimum absolute atomic E-state index is 0.0117. The van der Waals surface area contributed by atoms with Crippen molar-refractivity contribution in [3.05, 3.63) is 58.2 Å². The summed E-state index contributed by atoms with van der Waals surface area (Å²) in [5, 5.41) is 9.83. The normalized spacial score (nSPS) is 18.4. The van der Waals surface area contributed by atoms with Crippen molar-refractivity contribution < 1.29 is 9.53 Å². The fourth-order valence-electron chi connectivity index (χ4n) is 4.04. The molecule has 0 saturated carbocycles. The Morgan fingerprint density at radius 3 is 2.85 bits per heavy atom. The van der Waals surface area contributed by atoms with Crippen LogP contribution in [0, 0.1) is 0 Å². The number of nitrogens with zero attached hydrogens (tertiary/aromatic N) is 3. The zero-order valence-electron chi connectivity index (χ0n) is 14.9. The van der Waals surface area contributed by atoms with Crippen molar-refractivity contribution >= 4 is 17.2 Å². The van der Waals surface area contributed by atoms with Gasteiger partial charge in [0.1, 0.15) is 5.60 Å². The first-order chi connectivity index (χ1) is 13.3. The summed E-state index contributed by atoms with van der Waals surface area (Å²) in [4.78, 5) is 19.4. The highest BCUT2D eigenvalue weighted by Crippen LogP contribution is 2.40. The molecule has 3 aromatic rings. The molecule has 1 fully saturated rings. The molecule has 0 atom stereocenters. The SMILES string of the molecule is O=C(c1nc(-c2ccccc2)cs1)N1CCC2(CC1)OCCc1cn[nH]c12. The predicted octanol–water partition coefficient (Wildman–Crippen LogP) is 3.24. The lowest BCUT2D eigenvalue weighted by Crippen LogP contribution is -2.48. The molecule has 0 unspecified atom stereocenters. The zero-order chi connectivity index (χ0) is 18.3. The Kier molecular flexibility index (Phi) is 4.06. The predicted molar refractivity (Wildman–Crippen MR) is 103 cm³/mol. The zero-order valence-corrected chi connectivity index (χ0v) is 15.7. The van der Waals surface area contributed by atoms with E-state index in [1.807, 2.05) is 46.8 Å². The second-order valence-electron chi connectivity index (χ2n) is 7.06. The minimum Gasteiger partial charge on any atom is -0.368 e. The van der Waals surface area contributed by atoms with Crippen LogP contribution in [0.1, 0.15) is 33.9 Å². The van der Waals surface area contributed by atoms with E-state index in [0.717, 1.165) is 36.2 Å². The number of piperidine rings is 1. The van der Waals surface area contributed by atoms with E-state index in [9.17, 15) is 4.79 Å². The molecular weight excluding hydrogens is 360 g/mol. The number of carbonyl (C=O) groups excluding carboxylic acids is 1. The van der Waals surface area contributed by atoms with E-state index in [1.165, 1.54) is 16.9 Å². The number of fused-ring (bicyclic) bond motifs is 2. The van der Waals surface area contributed by atoms with Crippen molar-refractivity contribution in [3.63, 3.8) is 0 Å². The molecule has 6 nitrogen and oxygen atoms in total. The van der Waals surface area contributed by atoms with Crippen LogP contribution in [0.25, 0.3) is 11.3 Å². The van der Waals surface area contributed by atoms with Gasteiger partial charge in [-0.1, -0.05) is 30.3 Å². The molecule has 5 rings (SSSR count). The minimum atomic E-state index is -0.320. The second kappa shape index (κ2) is 6.58. The van der Waals surface area contributed by atoms with Crippen LogP contribution in [0.5, 0.6) is 0 Å². The van der Waals surface area contributed by atoms with E-state index in [2.05, 4.69) is 15.2 Å². The van der Waals surface area contributed by atoms with Crippen molar-refractivity contribution in [1.82, 2.24) is 20.1 Å². The van der Waals surface area contributed by atoms with E-state index in [4.69, 9.17) is 4.74 Å². The van der Waals surface area contributed by atoms with E-state index < -0.39 is 0 Å². The number of ether oxygens (including phenoxy) is 1. The van der Waals surface area contributed by atoms with Gasteiger partial charge in [-0.2, -0.15) is 5.10 Å². The fraction of sp³-hybridized carbons (Fsp3) is 0.350. The third kappa shape index (κ3) is 2.87. The molecule has 7 heteroatoms. The van der Waals surface area contributed by atoms with Gasteiger partial charge in [-0.05, 0) is 24.8 Å².